The Balaban J connectivity index is 2.61. The van der Waals surface area contributed by atoms with Crippen LogP contribution >= 0.6 is 0 Å². The summed E-state index contributed by atoms with van der Waals surface area (Å²) in [6.45, 7) is 8.08. The molecule has 0 aliphatic carbocycles. The molecule has 0 aromatic heterocycles. The Bertz CT molecular complexity index is 388. The molecule has 1 amide bonds. The average molecular weight is 234 g/mol. The predicted molar refractivity (Wildman–Crippen MR) is 70.9 cm³/mol. The molecule has 0 aliphatic rings. The molecule has 17 heavy (non-hydrogen) atoms. The third-order valence-electron chi connectivity index (χ3n) is 2.86. The first-order valence-electron chi connectivity index (χ1n) is 6.05. The second-order valence-corrected chi connectivity index (χ2v) is 4.46. The van der Waals surface area contributed by atoms with Crippen molar-refractivity contribution in [1.29, 1.82) is 0 Å². The molecule has 0 saturated carbocycles. The highest BCUT2D eigenvalue weighted by atomic mass is 16.2. The predicted octanol–water partition coefficient (Wildman–Crippen LogP) is 1.87. The standard InChI is InChI=1S/C14H22N2O/c1-5-15-9-14(17)16(4)10-13-7-6-11(2)8-12(13)3/h6-8,15H,5,9-10H2,1-4H3. The maximum atomic E-state index is 11.7. The molecule has 0 atom stereocenters. The van der Waals surface area contributed by atoms with Gasteiger partial charge in [0.15, 0.2) is 0 Å². The van der Waals surface area contributed by atoms with Gasteiger partial charge in [0.05, 0.1) is 6.54 Å². The number of benzene rings is 1. The normalized spacial score (nSPS) is 10.4. The quantitative estimate of drug-likeness (QED) is 0.843. The van der Waals surface area contributed by atoms with Crippen LogP contribution in [0, 0.1) is 13.8 Å². The number of aryl methyl sites for hydroxylation is 2. The summed E-state index contributed by atoms with van der Waals surface area (Å²) < 4.78 is 0. The molecule has 0 aliphatic heterocycles. The van der Waals surface area contributed by atoms with Crippen LogP contribution in [0.3, 0.4) is 0 Å². The zero-order valence-electron chi connectivity index (χ0n) is 11.2. The number of likely N-dealkylation sites (N-methyl/N-ethyl adjacent to an activating group) is 2. The number of nitrogens with one attached hydrogen (secondary N) is 1. The van der Waals surface area contributed by atoms with Gasteiger partial charge in [0, 0.05) is 13.6 Å². The molecule has 3 nitrogen and oxygen atoms in total. The number of hydrogen-bond donors (Lipinski definition) is 1. The minimum atomic E-state index is 0.131. The zero-order valence-corrected chi connectivity index (χ0v) is 11.2. The first-order valence-corrected chi connectivity index (χ1v) is 6.05. The van der Waals surface area contributed by atoms with E-state index >= 15 is 0 Å². The number of carbonyl (C=O) groups excluding carboxylic acids is 1. The Labute approximate surface area is 104 Å². The molecule has 94 valence electrons. The molecule has 0 radical (unpaired) electrons. The van der Waals surface area contributed by atoms with Gasteiger partial charge >= 0.3 is 0 Å². The molecular weight excluding hydrogens is 212 g/mol. The van der Waals surface area contributed by atoms with Crippen molar-refractivity contribution in [3.63, 3.8) is 0 Å². The van der Waals surface area contributed by atoms with Crippen LogP contribution in [0.15, 0.2) is 18.2 Å². The molecule has 1 rings (SSSR count). The summed E-state index contributed by atoms with van der Waals surface area (Å²) in [7, 11) is 1.85. The lowest BCUT2D eigenvalue weighted by Crippen LogP contribution is -2.35. The molecule has 0 saturated heterocycles. The summed E-state index contributed by atoms with van der Waals surface area (Å²) in [5, 5.41) is 3.05. The highest BCUT2D eigenvalue weighted by molar-refractivity contribution is 5.78. The van der Waals surface area contributed by atoms with E-state index in [0.29, 0.717) is 13.1 Å². The molecule has 3 heteroatoms. The van der Waals surface area contributed by atoms with Gasteiger partial charge in [-0.2, -0.15) is 0 Å². The molecule has 0 spiro atoms. The fourth-order valence-electron chi connectivity index (χ4n) is 1.73. The summed E-state index contributed by atoms with van der Waals surface area (Å²) in [6, 6.07) is 6.34. The van der Waals surface area contributed by atoms with Crippen LogP contribution < -0.4 is 5.32 Å². The molecule has 1 aromatic carbocycles. The van der Waals surface area contributed by atoms with E-state index in [0.717, 1.165) is 6.54 Å². The van der Waals surface area contributed by atoms with E-state index in [2.05, 4.69) is 37.4 Å². The van der Waals surface area contributed by atoms with Gasteiger partial charge < -0.3 is 10.2 Å². The highest BCUT2D eigenvalue weighted by Gasteiger charge is 2.09. The van der Waals surface area contributed by atoms with Gasteiger partial charge in [0.1, 0.15) is 0 Å². The molecule has 0 unspecified atom stereocenters. The van der Waals surface area contributed by atoms with Crippen LogP contribution in [0.1, 0.15) is 23.6 Å². The van der Waals surface area contributed by atoms with Crippen molar-refractivity contribution in [2.75, 3.05) is 20.1 Å². The van der Waals surface area contributed by atoms with E-state index < -0.39 is 0 Å². The molecule has 0 heterocycles. The van der Waals surface area contributed by atoms with Gasteiger partial charge in [-0.25, -0.2) is 0 Å². The van der Waals surface area contributed by atoms with Crippen LogP contribution in [-0.4, -0.2) is 30.9 Å². The lowest BCUT2D eigenvalue weighted by molar-refractivity contribution is -0.129. The number of amides is 1. The Kier molecular flexibility index (Phi) is 5.16. The van der Waals surface area contributed by atoms with Crippen molar-refractivity contribution >= 4 is 5.91 Å². The van der Waals surface area contributed by atoms with E-state index in [-0.39, 0.29) is 5.91 Å². The fraction of sp³-hybridized carbons (Fsp3) is 0.500. The van der Waals surface area contributed by atoms with Gasteiger partial charge in [-0.1, -0.05) is 30.7 Å². The second-order valence-electron chi connectivity index (χ2n) is 4.46. The largest absolute Gasteiger partial charge is 0.340 e. The van der Waals surface area contributed by atoms with E-state index in [4.69, 9.17) is 0 Å². The molecule has 1 N–H and O–H groups in total. The molecular formula is C14H22N2O. The van der Waals surface area contributed by atoms with Gasteiger partial charge in [-0.3, -0.25) is 4.79 Å². The van der Waals surface area contributed by atoms with E-state index in [1.54, 1.807) is 4.90 Å². The summed E-state index contributed by atoms with van der Waals surface area (Å²) in [4.78, 5) is 13.5. The number of nitrogens with zero attached hydrogens (tertiary/aromatic N) is 1. The van der Waals surface area contributed by atoms with Crippen LogP contribution in [0.2, 0.25) is 0 Å². The Morgan fingerprint density at radius 2 is 2.06 bits per heavy atom. The van der Waals surface area contributed by atoms with Gasteiger partial charge in [-0.15, -0.1) is 0 Å². The van der Waals surface area contributed by atoms with Crippen molar-refractivity contribution in [2.45, 2.75) is 27.3 Å². The minimum Gasteiger partial charge on any atom is -0.340 e. The maximum Gasteiger partial charge on any atom is 0.236 e. The summed E-state index contributed by atoms with van der Waals surface area (Å²) in [5.74, 6) is 0.131. The van der Waals surface area contributed by atoms with Crippen molar-refractivity contribution in [3.05, 3.63) is 34.9 Å². The molecule has 1 aromatic rings. The van der Waals surface area contributed by atoms with E-state index in [9.17, 15) is 4.79 Å². The topological polar surface area (TPSA) is 32.3 Å². The van der Waals surface area contributed by atoms with Crippen LogP contribution in [0.25, 0.3) is 0 Å². The minimum absolute atomic E-state index is 0.131. The number of hydrogen-bond acceptors (Lipinski definition) is 2. The third-order valence-corrected chi connectivity index (χ3v) is 2.86. The molecule has 0 bridgehead atoms. The summed E-state index contributed by atoms with van der Waals surface area (Å²) in [5.41, 5.74) is 3.71. The molecule has 0 fully saturated rings. The fourth-order valence-corrected chi connectivity index (χ4v) is 1.73. The zero-order chi connectivity index (χ0) is 12.8. The second kappa shape index (κ2) is 6.40. The lowest BCUT2D eigenvalue weighted by Gasteiger charge is -2.19. The average Bonchev–Trinajstić information content (AvgIpc) is 2.29. The summed E-state index contributed by atoms with van der Waals surface area (Å²) in [6.07, 6.45) is 0. The van der Waals surface area contributed by atoms with E-state index in [1.807, 2.05) is 14.0 Å². The van der Waals surface area contributed by atoms with Crippen LogP contribution in [0.5, 0.6) is 0 Å². The van der Waals surface area contributed by atoms with Crippen LogP contribution in [-0.2, 0) is 11.3 Å². The Morgan fingerprint density at radius 1 is 1.35 bits per heavy atom. The van der Waals surface area contributed by atoms with E-state index in [1.165, 1.54) is 16.7 Å². The summed E-state index contributed by atoms with van der Waals surface area (Å²) >= 11 is 0. The van der Waals surface area contributed by atoms with Crippen molar-refractivity contribution in [3.8, 4) is 0 Å². The SMILES string of the molecule is CCNCC(=O)N(C)Cc1ccc(C)cc1C. The lowest BCUT2D eigenvalue weighted by atomic mass is 10.1. The highest BCUT2D eigenvalue weighted by Crippen LogP contribution is 2.12. The van der Waals surface area contributed by atoms with Gasteiger partial charge in [0.2, 0.25) is 5.91 Å². The number of rotatable bonds is 5. The van der Waals surface area contributed by atoms with Crippen molar-refractivity contribution in [2.24, 2.45) is 0 Å². The first kappa shape index (κ1) is 13.7. The monoisotopic (exact) mass is 234 g/mol. The van der Waals surface area contributed by atoms with Gasteiger partial charge in [-0.05, 0) is 31.5 Å². The van der Waals surface area contributed by atoms with Crippen molar-refractivity contribution in [1.82, 2.24) is 10.2 Å². The third kappa shape index (κ3) is 4.19. The van der Waals surface area contributed by atoms with Crippen molar-refractivity contribution < 1.29 is 4.79 Å². The number of carbonyl (C=O) groups is 1. The van der Waals surface area contributed by atoms with Gasteiger partial charge in [0.25, 0.3) is 0 Å². The van der Waals surface area contributed by atoms with Crippen LogP contribution in [0.4, 0.5) is 0 Å². The first-order chi connectivity index (χ1) is 8.04. The maximum absolute atomic E-state index is 11.7. The Hall–Kier alpha value is -1.35. The smallest absolute Gasteiger partial charge is 0.236 e. The Morgan fingerprint density at radius 3 is 2.65 bits per heavy atom.